The van der Waals surface area contributed by atoms with Crippen LogP contribution in [-0.2, 0) is 12.4 Å². The zero-order valence-corrected chi connectivity index (χ0v) is 15.2. The fourth-order valence-corrected chi connectivity index (χ4v) is 4.22. The van der Waals surface area contributed by atoms with E-state index in [9.17, 15) is 36.9 Å². The molecular weight excluding hydrogens is 420 g/mol. The molecule has 5 rings (SSSR count). The predicted octanol–water partition coefficient (Wildman–Crippen LogP) is 6.62. The Balaban J connectivity index is 2.05. The van der Waals surface area contributed by atoms with Gasteiger partial charge in [-0.3, -0.25) is 0 Å². The number of fused-ring (bicyclic) bond motifs is 6. The number of nitriles is 2. The Labute approximate surface area is 169 Å². The summed E-state index contributed by atoms with van der Waals surface area (Å²) in [5, 5.41) is 19.8. The zero-order valence-electron chi connectivity index (χ0n) is 15.2. The number of nitrogens with zero attached hydrogens (tertiary/aromatic N) is 3. The summed E-state index contributed by atoms with van der Waals surface area (Å²) in [6.07, 6.45) is -9.49. The van der Waals surface area contributed by atoms with Gasteiger partial charge >= 0.3 is 12.4 Å². The van der Waals surface area contributed by atoms with Crippen molar-refractivity contribution in [2.24, 2.45) is 0 Å². The van der Waals surface area contributed by atoms with E-state index in [0.717, 1.165) is 24.3 Å². The molecule has 0 bridgehead atoms. The second-order valence-corrected chi connectivity index (χ2v) is 7.09. The van der Waals surface area contributed by atoms with Gasteiger partial charge in [-0.05, 0) is 24.3 Å². The van der Waals surface area contributed by atoms with E-state index in [1.54, 1.807) is 30.3 Å². The van der Waals surface area contributed by atoms with Gasteiger partial charge in [0.2, 0.25) is 0 Å². The van der Waals surface area contributed by atoms with Crippen molar-refractivity contribution in [2.75, 3.05) is 0 Å². The van der Waals surface area contributed by atoms with Crippen LogP contribution in [0.4, 0.5) is 26.3 Å². The number of aromatic nitrogens is 1. The van der Waals surface area contributed by atoms with Gasteiger partial charge < -0.3 is 4.40 Å². The number of para-hydroxylation sites is 1. The van der Waals surface area contributed by atoms with Crippen molar-refractivity contribution in [2.45, 2.75) is 12.4 Å². The highest BCUT2D eigenvalue weighted by atomic mass is 19.4. The standard InChI is InChI=1S/C22H7F6N3/c23-21(24,25)16-6-14-12-2-1-3-13-15-7-17(22(26,27)28)11(9-30)5-19(15)31(20(12)13)18(14)4-10(16)8-29/h1-7H. The minimum absolute atomic E-state index is 0.215. The maximum absolute atomic E-state index is 13.5. The third-order valence-corrected chi connectivity index (χ3v) is 5.45. The molecule has 0 unspecified atom stereocenters. The van der Waals surface area contributed by atoms with Crippen LogP contribution in [0.5, 0.6) is 0 Å². The first kappa shape index (κ1) is 19.0. The molecule has 5 aromatic rings. The van der Waals surface area contributed by atoms with Crippen LogP contribution in [0.2, 0.25) is 0 Å². The monoisotopic (exact) mass is 427 g/mol. The molecule has 0 saturated carbocycles. The molecule has 31 heavy (non-hydrogen) atoms. The van der Waals surface area contributed by atoms with Crippen molar-refractivity contribution >= 4 is 38.1 Å². The molecule has 2 heterocycles. The van der Waals surface area contributed by atoms with Crippen molar-refractivity contribution in [1.82, 2.24) is 4.40 Å². The average Bonchev–Trinajstić information content (AvgIpc) is 3.21. The Hall–Kier alpha value is -3.98. The van der Waals surface area contributed by atoms with Gasteiger partial charge in [0.1, 0.15) is 0 Å². The summed E-state index contributed by atoms with van der Waals surface area (Å²) in [6, 6.07) is 11.7. The van der Waals surface area contributed by atoms with Gasteiger partial charge in [0.25, 0.3) is 0 Å². The third-order valence-electron chi connectivity index (χ3n) is 5.45. The maximum atomic E-state index is 13.5. The number of alkyl halides is 6. The fraction of sp³-hybridized carbons (Fsp3) is 0.0909. The number of benzene rings is 3. The molecule has 152 valence electrons. The highest BCUT2D eigenvalue weighted by molar-refractivity contribution is 6.23. The Morgan fingerprint density at radius 3 is 1.42 bits per heavy atom. The molecule has 0 N–H and O–H groups in total. The summed E-state index contributed by atoms with van der Waals surface area (Å²) in [7, 11) is 0. The van der Waals surface area contributed by atoms with Crippen molar-refractivity contribution in [3.05, 3.63) is 64.7 Å². The van der Waals surface area contributed by atoms with Crippen LogP contribution in [0.3, 0.4) is 0 Å². The molecule has 0 saturated heterocycles. The molecule has 9 heteroatoms. The lowest BCUT2D eigenvalue weighted by molar-refractivity contribution is -0.138. The van der Waals surface area contributed by atoms with E-state index in [1.165, 1.54) is 4.40 Å². The van der Waals surface area contributed by atoms with Crippen LogP contribution in [0.1, 0.15) is 22.3 Å². The van der Waals surface area contributed by atoms with E-state index in [0.29, 0.717) is 16.3 Å². The molecule has 3 nitrogen and oxygen atoms in total. The van der Waals surface area contributed by atoms with Gasteiger partial charge in [0.05, 0.1) is 50.9 Å². The van der Waals surface area contributed by atoms with Gasteiger partial charge in [-0.1, -0.05) is 18.2 Å². The van der Waals surface area contributed by atoms with E-state index in [2.05, 4.69) is 0 Å². The Kier molecular flexibility index (Phi) is 3.55. The van der Waals surface area contributed by atoms with Crippen LogP contribution in [-0.4, -0.2) is 4.40 Å². The molecular formula is C22H7F6N3. The van der Waals surface area contributed by atoms with Gasteiger partial charge in [-0.15, -0.1) is 0 Å². The number of hydrogen-bond acceptors (Lipinski definition) is 2. The minimum Gasteiger partial charge on any atom is -0.308 e. The zero-order chi connectivity index (χ0) is 22.3. The molecule has 0 radical (unpaired) electrons. The smallest absolute Gasteiger partial charge is 0.308 e. The van der Waals surface area contributed by atoms with E-state index >= 15 is 0 Å². The molecule has 3 aromatic carbocycles. The first-order chi connectivity index (χ1) is 14.6. The molecule has 0 aliphatic heterocycles. The molecule has 2 aromatic heterocycles. The minimum atomic E-state index is -4.75. The summed E-state index contributed by atoms with van der Waals surface area (Å²) < 4.78 is 82.3. The number of halogens is 6. The molecule has 0 spiro atoms. The lowest BCUT2D eigenvalue weighted by Crippen LogP contribution is -2.08. The van der Waals surface area contributed by atoms with E-state index in [-0.39, 0.29) is 21.8 Å². The van der Waals surface area contributed by atoms with Crippen LogP contribution in [0.25, 0.3) is 38.1 Å². The highest BCUT2D eigenvalue weighted by Gasteiger charge is 2.36. The first-order valence-electron chi connectivity index (χ1n) is 8.81. The first-order valence-corrected chi connectivity index (χ1v) is 8.81. The summed E-state index contributed by atoms with van der Waals surface area (Å²) >= 11 is 0. The van der Waals surface area contributed by atoms with Crippen molar-refractivity contribution in [3.63, 3.8) is 0 Å². The highest BCUT2D eigenvalue weighted by Crippen LogP contribution is 2.44. The third kappa shape index (κ3) is 2.47. The molecule has 0 fully saturated rings. The fourth-order valence-electron chi connectivity index (χ4n) is 4.22. The lowest BCUT2D eigenvalue weighted by atomic mass is 10.0. The summed E-state index contributed by atoms with van der Waals surface area (Å²) in [4.78, 5) is 0. The van der Waals surface area contributed by atoms with Crippen molar-refractivity contribution < 1.29 is 26.3 Å². The van der Waals surface area contributed by atoms with Crippen LogP contribution in [0, 0.1) is 22.7 Å². The van der Waals surface area contributed by atoms with Gasteiger partial charge in [-0.2, -0.15) is 36.9 Å². The molecule has 0 atom stereocenters. The molecule has 0 aliphatic rings. The largest absolute Gasteiger partial charge is 0.417 e. The van der Waals surface area contributed by atoms with E-state index in [4.69, 9.17) is 0 Å². The maximum Gasteiger partial charge on any atom is 0.417 e. The van der Waals surface area contributed by atoms with E-state index < -0.39 is 34.6 Å². The van der Waals surface area contributed by atoms with Gasteiger partial charge in [0, 0.05) is 21.5 Å². The Bertz CT molecular complexity index is 1510. The van der Waals surface area contributed by atoms with Gasteiger partial charge in [0.15, 0.2) is 0 Å². The number of rotatable bonds is 0. The van der Waals surface area contributed by atoms with Crippen LogP contribution < -0.4 is 0 Å². The van der Waals surface area contributed by atoms with Crippen molar-refractivity contribution in [1.29, 1.82) is 10.5 Å². The topological polar surface area (TPSA) is 52.0 Å². The van der Waals surface area contributed by atoms with E-state index in [1.807, 2.05) is 0 Å². The SMILES string of the molecule is N#Cc1cc2c(cc1C(F)(F)F)c1cccc3c4cc(C(F)(F)F)c(C#N)cc4n2c13. The Morgan fingerprint density at radius 1 is 0.645 bits per heavy atom. The summed E-state index contributed by atoms with van der Waals surface area (Å²) in [5.74, 6) is 0. The summed E-state index contributed by atoms with van der Waals surface area (Å²) in [5.41, 5.74) is -2.44. The van der Waals surface area contributed by atoms with Crippen LogP contribution >= 0.6 is 0 Å². The Morgan fingerprint density at radius 2 is 1.06 bits per heavy atom. The normalized spacial score (nSPS) is 12.8. The second kappa shape index (κ2) is 5.79. The summed E-state index contributed by atoms with van der Waals surface area (Å²) in [6.45, 7) is 0. The number of hydrogen-bond donors (Lipinski definition) is 0. The van der Waals surface area contributed by atoms with Crippen LogP contribution in [0.15, 0.2) is 42.5 Å². The lowest BCUT2D eigenvalue weighted by Gasteiger charge is -2.10. The average molecular weight is 427 g/mol. The van der Waals surface area contributed by atoms with Crippen molar-refractivity contribution in [3.8, 4) is 12.1 Å². The second-order valence-electron chi connectivity index (χ2n) is 7.09. The quantitative estimate of drug-likeness (QED) is 0.261. The molecule has 0 amide bonds. The predicted molar refractivity (Wildman–Crippen MR) is 101 cm³/mol. The van der Waals surface area contributed by atoms with Gasteiger partial charge in [-0.25, -0.2) is 0 Å². The molecule has 0 aliphatic carbocycles.